The Morgan fingerprint density at radius 2 is 2.21 bits per heavy atom. The topological polar surface area (TPSA) is 12.0 Å². The first-order valence-corrected chi connectivity index (χ1v) is 4.86. The summed E-state index contributed by atoms with van der Waals surface area (Å²) in [4.78, 5) is 0. The lowest BCUT2D eigenvalue weighted by molar-refractivity contribution is 0.622. The second-order valence-corrected chi connectivity index (χ2v) is 3.39. The maximum atomic E-state index is 13.2. The Morgan fingerprint density at radius 1 is 1.50 bits per heavy atom. The molecule has 1 aromatic carbocycles. The molecule has 0 aromatic heterocycles. The van der Waals surface area contributed by atoms with Gasteiger partial charge in [0.1, 0.15) is 5.82 Å². The van der Waals surface area contributed by atoms with Crippen molar-refractivity contribution in [2.75, 3.05) is 5.32 Å². The molecule has 0 saturated heterocycles. The molecule has 1 N–H and O–H groups in total. The molecule has 14 heavy (non-hydrogen) atoms. The maximum absolute atomic E-state index is 13.2. The number of halogens is 1. The zero-order chi connectivity index (χ0) is 10.4. The van der Waals surface area contributed by atoms with Crippen LogP contribution in [0.5, 0.6) is 0 Å². The van der Waals surface area contributed by atoms with Gasteiger partial charge in [-0.1, -0.05) is 18.2 Å². The van der Waals surface area contributed by atoms with Crippen LogP contribution in [0.1, 0.15) is 19.8 Å². The highest BCUT2D eigenvalue weighted by molar-refractivity contribution is 5.44. The highest BCUT2D eigenvalue weighted by atomic mass is 19.1. The Morgan fingerprint density at radius 3 is 2.86 bits per heavy atom. The number of rotatable bonds is 5. The van der Waals surface area contributed by atoms with Gasteiger partial charge in [-0.25, -0.2) is 4.39 Å². The minimum atomic E-state index is -0.196. The molecule has 1 nitrogen and oxygen atoms in total. The maximum Gasteiger partial charge on any atom is 0.146 e. The van der Waals surface area contributed by atoms with Crippen LogP contribution in [0.3, 0.4) is 0 Å². The molecule has 0 radical (unpaired) electrons. The molecule has 1 atom stereocenters. The third kappa shape index (κ3) is 3.21. The van der Waals surface area contributed by atoms with Crippen LogP contribution < -0.4 is 5.32 Å². The first-order chi connectivity index (χ1) is 6.74. The number of hydrogen-bond acceptors (Lipinski definition) is 1. The van der Waals surface area contributed by atoms with Gasteiger partial charge in [0.05, 0.1) is 5.69 Å². The second kappa shape index (κ2) is 5.43. The van der Waals surface area contributed by atoms with E-state index in [1.807, 2.05) is 19.1 Å². The molecule has 0 saturated carbocycles. The fourth-order valence-corrected chi connectivity index (χ4v) is 1.28. The first kappa shape index (κ1) is 10.8. The van der Waals surface area contributed by atoms with Gasteiger partial charge in [-0.3, -0.25) is 0 Å². The number of allylic oxidation sites excluding steroid dienone is 1. The van der Waals surface area contributed by atoms with Gasteiger partial charge in [-0.2, -0.15) is 0 Å². The molecule has 0 bridgehead atoms. The van der Waals surface area contributed by atoms with Gasteiger partial charge in [0.25, 0.3) is 0 Å². The summed E-state index contributed by atoms with van der Waals surface area (Å²) < 4.78 is 13.2. The van der Waals surface area contributed by atoms with Gasteiger partial charge in [0.15, 0.2) is 0 Å². The molecule has 0 aliphatic rings. The average molecular weight is 193 g/mol. The number of benzene rings is 1. The molecule has 0 aliphatic heterocycles. The van der Waals surface area contributed by atoms with E-state index in [2.05, 4.69) is 11.9 Å². The smallest absolute Gasteiger partial charge is 0.146 e. The highest BCUT2D eigenvalue weighted by Gasteiger charge is 2.03. The zero-order valence-corrected chi connectivity index (χ0v) is 8.46. The van der Waals surface area contributed by atoms with Gasteiger partial charge >= 0.3 is 0 Å². The van der Waals surface area contributed by atoms with E-state index in [-0.39, 0.29) is 11.9 Å². The third-order valence-corrected chi connectivity index (χ3v) is 2.08. The second-order valence-electron chi connectivity index (χ2n) is 3.39. The number of nitrogens with one attached hydrogen (secondary N) is 1. The number of hydrogen-bond donors (Lipinski definition) is 1. The van der Waals surface area contributed by atoms with Crippen LogP contribution in [0.15, 0.2) is 36.9 Å². The largest absolute Gasteiger partial charge is 0.380 e. The zero-order valence-electron chi connectivity index (χ0n) is 8.46. The van der Waals surface area contributed by atoms with Crippen LogP contribution in [0.25, 0.3) is 0 Å². The van der Waals surface area contributed by atoms with Crippen molar-refractivity contribution < 1.29 is 4.39 Å². The van der Waals surface area contributed by atoms with E-state index in [4.69, 9.17) is 0 Å². The molecule has 0 heterocycles. The van der Waals surface area contributed by atoms with E-state index in [1.165, 1.54) is 6.07 Å². The molecule has 2 heteroatoms. The van der Waals surface area contributed by atoms with Crippen LogP contribution >= 0.6 is 0 Å². The molecule has 76 valence electrons. The van der Waals surface area contributed by atoms with E-state index < -0.39 is 0 Å². The summed E-state index contributed by atoms with van der Waals surface area (Å²) in [5, 5.41) is 3.12. The van der Waals surface area contributed by atoms with E-state index in [0.29, 0.717) is 5.69 Å². The molecule has 0 amide bonds. The predicted octanol–water partition coefficient (Wildman–Crippen LogP) is 3.59. The minimum absolute atomic E-state index is 0.196. The van der Waals surface area contributed by atoms with Crippen molar-refractivity contribution in [2.24, 2.45) is 0 Å². The van der Waals surface area contributed by atoms with Crippen LogP contribution in [-0.4, -0.2) is 6.04 Å². The summed E-state index contributed by atoms with van der Waals surface area (Å²) in [6, 6.07) is 6.99. The molecular weight excluding hydrogens is 177 g/mol. The SMILES string of the molecule is C=CCC[C@@H](C)Nc1ccccc1F. The quantitative estimate of drug-likeness (QED) is 0.704. The summed E-state index contributed by atoms with van der Waals surface area (Å²) >= 11 is 0. The molecule has 1 aromatic rings. The van der Waals surface area contributed by atoms with Gasteiger partial charge in [0.2, 0.25) is 0 Å². The van der Waals surface area contributed by atoms with Gasteiger partial charge in [-0.15, -0.1) is 6.58 Å². The fourth-order valence-electron chi connectivity index (χ4n) is 1.28. The lowest BCUT2D eigenvalue weighted by Crippen LogP contribution is -2.15. The van der Waals surface area contributed by atoms with Crippen molar-refractivity contribution in [2.45, 2.75) is 25.8 Å². The van der Waals surface area contributed by atoms with Crippen molar-refractivity contribution in [3.8, 4) is 0 Å². The van der Waals surface area contributed by atoms with E-state index >= 15 is 0 Å². The van der Waals surface area contributed by atoms with Gasteiger partial charge < -0.3 is 5.32 Å². The normalized spacial score (nSPS) is 12.1. The van der Waals surface area contributed by atoms with Crippen LogP contribution in [0.4, 0.5) is 10.1 Å². The van der Waals surface area contributed by atoms with Crippen molar-refractivity contribution in [3.05, 3.63) is 42.7 Å². The number of para-hydroxylation sites is 1. The Bertz CT molecular complexity index is 296. The van der Waals surface area contributed by atoms with Gasteiger partial charge in [-0.05, 0) is 31.9 Å². The van der Waals surface area contributed by atoms with E-state index in [0.717, 1.165) is 12.8 Å². The lowest BCUT2D eigenvalue weighted by atomic mass is 10.1. The minimum Gasteiger partial charge on any atom is -0.380 e. The summed E-state index contributed by atoms with van der Waals surface area (Å²) in [6.45, 7) is 5.69. The lowest BCUT2D eigenvalue weighted by Gasteiger charge is -2.14. The van der Waals surface area contributed by atoms with Crippen LogP contribution in [0, 0.1) is 5.82 Å². The van der Waals surface area contributed by atoms with Gasteiger partial charge in [0, 0.05) is 6.04 Å². The summed E-state index contributed by atoms with van der Waals surface area (Å²) in [5.41, 5.74) is 0.573. The summed E-state index contributed by atoms with van der Waals surface area (Å²) in [6.07, 6.45) is 3.79. The summed E-state index contributed by atoms with van der Waals surface area (Å²) in [5.74, 6) is -0.196. The molecule has 1 rings (SSSR count). The Labute approximate surface area is 84.6 Å². The predicted molar refractivity (Wildman–Crippen MR) is 58.9 cm³/mol. The average Bonchev–Trinajstić information content (AvgIpc) is 2.18. The third-order valence-electron chi connectivity index (χ3n) is 2.08. The van der Waals surface area contributed by atoms with E-state index in [1.54, 1.807) is 12.1 Å². The Balaban J connectivity index is 2.51. The van der Waals surface area contributed by atoms with Crippen LogP contribution in [-0.2, 0) is 0 Å². The number of anilines is 1. The molecule has 0 aliphatic carbocycles. The fraction of sp³-hybridized carbons (Fsp3) is 0.333. The van der Waals surface area contributed by atoms with E-state index in [9.17, 15) is 4.39 Å². The van der Waals surface area contributed by atoms with Crippen molar-refractivity contribution in [1.29, 1.82) is 0 Å². The molecule has 0 fully saturated rings. The molecule has 0 spiro atoms. The van der Waals surface area contributed by atoms with Crippen molar-refractivity contribution in [3.63, 3.8) is 0 Å². The first-order valence-electron chi connectivity index (χ1n) is 4.86. The Kier molecular flexibility index (Phi) is 4.17. The molecular formula is C12H16FN. The van der Waals surface area contributed by atoms with Crippen molar-refractivity contribution >= 4 is 5.69 Å². The monoisotopic (exact) mass is 193 g/mol. The van der Waals surface area contributed by atoms with Crippen molar-refractivity contribution in [1.82, 2.24) is 0 Å². The molecule has 0 unspecified atom stereocenters. The standard InChI is InChI=1S/C12H16FN/c1-3-4-7-10(2)14-12-9-6-5-8-11(12)13/h3,5-6,8-10,14H,1,4,7H2,2H3/t10-/m1/s1. The highest BCUT2D eigenvalue weighted by Crippen LogP contribution is 2.14. The van der Waals surface area contributed by atoms with Crippen LogP contribution in [0.2, 0.25) is 0 Å². The Hall–Kier alpha value is -1.31. The summed E-state index contributed by atoms with van der Waals surface area (Å²) in [7, 11) is 0.